The minimum absolute atomic E-state index is 0.197. The maximum absolute atomic E-state index is 13.8. The van der Waals surface area contributed by atoms with Crippen LogP contribution in [0.15, 0.2) is 72.9 Å². The summed E-state index contributed by atoms with van der Waals surface area (Å²) >= 11 is 0. The van der Waals surface area contributed by atoms with Crippen LogP contribution in [0.25, 0.3) is 22.0 Å². The molecule has 1 aromatic heterocycles. The molecule has 0 bridgehead atoms. The van der Waals surface area contributed by atoms with Gasteiger partial charge in [-0.1, -0.05) is 32.9 Å². The second-order valence-corrected chi connectivity index (χ2v) is 18.6. The first-order valence-electron chi connectivity index (χ1n) is 18.6. The molecule has 2 amide bonds. The minimum atomic E-state index is -2.74. The molecule has 6 rings (SSSR count). The Morgan fingerprint density at radius 1 is 0.911 bits per heavy atom. The molecule has 56 heavy (non-hydrogen) atoms. The fourth-order valence-corrected chi connectivity index (χ4v) is 7.74. The molecule has 4 aromatic carbocycles. The van der Waals surface area contributed by atoms with E-state index < -0.39 is 7.14 Å². The van der Waals surface area contributed by atoms with E-state index in [-0.39, 0.29) is 17.2 Å². The zero-order chi connectivity index (χ0) is 40.2. The van der Waals surface area contributed by atoms with Gasteiger partial charge in [-0.05, 0) is 96.5 Å². The van der Waals surface area contributed by atoms with E-state index in [9.17, 15) is 14.2 Å². The number of hydrogen-bond acceptors (Lipinski definition) is 10. The third-order valence-electron chi connectivity index (χ3n) is 9.84. The quantitative estimate of drug-likeness (QED) is 0.111. The maximum Gasteiger partial charge on any atom is 0.255 e. The van der Waals surface area contributed by atoms with E-state index in [1.54, 1.807) is 50.9 Å². The number of nitrogens with zero attached hydrogens (tertiary/aromatic N) is 3. The lowest BCUT2D eigenvalue weighted by atomic mass is 9.86. The van der Waals surface area contributed by atoms with Crippen LogP contribution in [0.5, 0.6) is 11.5 Å². The fraction of sp³-hybridized carbons (Fsp3) is 0.349. The molecule has 294 valence electrons. The van der Waals surface area contributed by atoms with Crippen molar-refractivity contribution in [1.82, 2.24) is 20.2 Å². The summed E-state index contributed by atoms with van der Waals surface area (Å²) < 4.78 is 29.9. The number of fused-ring (bicyclic) bond motifs is 1. The Balaban J connectivity index is 1.20. The largest absolute Gasteiger partial charge is 0.497 e. The first kappa shape index (κ1) is 40.4. The minimum Gasteiger partial charge on any atom is -0.497 e. The van der Waals surface area contributed by atoms with Gasteiger partial charge in [-0.2, -0.15) is 0 Å². The van der Waals surface area contributed by atoms with E-state index in [2.05, 4.69) is 46.6 Å². The second kappa shape index (κ2) is 16.8. The van der Waals surface area contributed by atoms with E-state index in [0.29, 0.717) is 70.5 Å². The van der Waals surface area contributed by atoms with Gasteiger partial charge in [-0.25, -0.2) is 9.97 Å². The number of rotatable bonds is 12. The van der Waals surface area contributed by atoms with Crippen molar-refractivity contribution in [2.75, 3.05) is 77.6 Å². The molecule has 1 aliphatic heterocycles. The van der Waals surface area contributed by atoms with E-state index in [1.165, 1.54) is 7.11 Å². The zero-order valence-electron chi connectivity index (χ0n) is 33.4. The third-order valence-corrected chi connectivity index (χ3v) is 11.3. The summed E-state index contributed by atoms with van der Waals surface area (Å²) in [5.41, 5.74) is 6.21. The highest BCUT2D eigenvalue weighted by atomic mass is 31.2. The van der Waals surface area contributed by atoms with Crippen LogP contribution >= 0.6 is 7.14 Å². The van der Waals surface area contributed by atoms with E-state index in [4.69, 9.17) is 19.2 Å². The summed E-state index contributed by atoms with van der Waals surface area (Å²) in [6.45, 7) is 16.1. The van der Waals surface area contributed by atoms with Gasteiger partial charge < -0.3 is 34.7 Å². The number of aromatic nitrogens is 2. The Labute approximate surface area is 328 Å². The topological polar surface area (TPSA) is 144 Å². The molecular weight excluding hydrogens is 727 g/mol. The van der Waals surface area contributed by atoms with Crippen LogP contribution in [0.1, 0.15) is 52.6 Å². The Hall–Kier alpha value is -5.29. The van der Waals surface area contributed by atoms with Crippen molar-refractivity contribution in [2.45, 2.75) is 33.1 Å². The van der Waals surface area contributed by atoms with Crippen molar-refractivity contribution in [2.24, 2.45) is 0 Å². The molecule has 0 spiro atoms. The predicted octanol–water partition coefficient (Wildman–Crippen LogP) is 7.23. The third kappa shape index (κ3) is 9.56. The highest BCUT2D eigenvalue weighted by Crippen LogP contribution is 2.43. The molecule has 13 heteroatoms. The second-order valence-electron chi connectivity index (χ2n) is 15.4. The number of carbonyl (C=O) groups is 2. The van der Waals surface area contributed by atoms with Crippen LogP contribution in [0.3, 0.4) is 0 Å². The van der Waals surface area contributed by atoms with Crippen molar-refractivity contribution in [3.8, 4) is 22.6 Å². The molecule has 1 fully saturated rings. The molecule has 3 N–H and O–H groups in total. The van der Waals surface area contributed by atoms with Gasteiger partial charge in [0.05, 0.1) is 43.9 Å². The van der Waals surface area contributed by atoms with Gasteiger partial charge in [0.25, 0.3) is 11.8 Å². The van der Waals surface area contributed by atoms with Gasteiger partial charge in [0.15, 0.2) is 5.75 Å². The Morgan fingerprint density at radius 3 is 2.38 bits per heavy atom. The summed E-state index contributed by atoms with van der Waals surface area (Å²) in [6.07, 6.45) is 1.74. The number of nitrogens with one attached hydrogen (secondary N) is 3. The molecule has 5 aromatic rings. The molecule has 2 heterocycles. The number of ether oxygens (including phenoxy) is 3. The van der Waals surface area contributed by atoms with Crippen molar-refractivity contribution in [3.63, 3.8) is 0 Å². The van der Waals surface area contributed by atoms with Crippen LogP contribution < -0.4 is 30.7 Å². The number of anilines is 3. The van der Waals surface area contributed by atoms with Crippen LogP contribution in [0, 0.1) is 6.92 Å². The van der Waals surface area contributed by atoms with Crippen LogP contribution in [-0.4, -0.2) is 93.6 Å². The van der Waals surface area contributed by atoms with Crippen LogP contribution in [0.4, 0.5) is 17.3 Å². The number of amides is 2. The smallest absolute Gasteiger partial charge is 0.255 e. The predicted molar refractivity (Wildman–Crippen MR) is 224 cm³/mol. The maximum atomic E-state index is 13.8. The van der Waals surface area contributed by atoms with E-state index in [1.807, 2.05) is 49.4 Å². The van der Waals surface area contributed by atoms with Crippen LogP contribution in [-0.2, 0) is 14.7 Å². The average Bonchev–Trinajstić information content (AvgIpc) is 3.17. The zero-order valence-corrected chi connectivity index (χ0v) is 34.3. The Morgan fingerprint density at radius 2 is 1.68 bits per heavy atom. The van der Waals surface area contributed by atoms with Crippen molar-refractivity contribution < 1.29 is 28.4 Å². The highest BCUT2D eigenvalue weighted by Gasteiger charge is 2.26. The number of hydrogen-bond donors (Lipinski definition) is 3. The van der Waals surface area contributed by atoms with Gasteiger partial charge >= 0.3 is 0 Å². The van der Waals surface area contributed by atoms with Gasteiger partial charge in [0, 0.05) is 60.6 Å². The molecule has 12 nitrogen and oxygen atoms in total. The summed E-state index contributed by atoms with van der Waals surface area (Å²) in [7, 11) is 0.347. The van der Waals surface area contributed by atoms with Gasteiger partial charge in [-0.15, -0.1) is 0 Å². The summed E-state index contributed by atoms with van der Waals surface area (Å²) in [5.74, 6) is 0.790. The summed E-state index contributed by atoms with van der Waals surface area (Å²) in [6, 6.07) is 20.5. The lowest BCUT2D eigenvalue weighted by molar-refractivity contribution is 0.0383. The first-order chi connectivity index (χ1) is 26.6. The number of methoxy groups -OCH3 is 2. The number of benzene rings is 4. The number of aryl methyl sites for hydroxylation is 1. The normalized spacial score (nSPS) is 13.6. The molecule has 1 saturated heterocycles. The Bertz CT molecular complexity index is 2310. The molecule has 1 aliphatic rings. The standard InChI is InChI=1S/C43H51N6O6P/c1-27-9-10-29(41(51)47-37-23-32(43(2,3)4)24-38(39(37)54-6)56(7,8)52)22-35(27)28-11-12-36-31(19-28)26-45-42(48-36)46-33-20-30(21-34(25-33)53-5)40(50)44-13-14-49-15-17-55-18-16-49/h9-12,19-26H,13-18H2,1-8H3,(H,44,50)(H,47,51)(H,45,46,48). The summed E-state index contributed by atoms with van der Waals surface area (Å²) in [4.78, 5) is 38.4. The lowest BCUT2D eigenvalue weighted by Gasteiger charge is -2.26. The molecule has 0 unspecified atom stereocenters. The molecular formula is C43H51N6O6P. The SMILES string of the molecule is COc1cc(Nc2ncc3cc(-c4cc(C(=O)Nc5cc(C(C)(C)C)cc(P(C)(C)=O)c5OC)ccc4C)ccc3n2)cc(C(=O)NCCN2CCOCC2)c1. The van der Waals surface area contributed by atoms with Crippen molar-refractivity contribution in [3.05, 3.63) is 95.2 Å². The summed E-state index contributed by atoms with van der Waals surface area (Å²) in [5, 5.41) is 10.7. The lowest BCUT2D eigenvalue weighted by Crippen LogP contribution is -2.41. The van der Waals surface area contributed by atoms with Gasteiger partial charge in [0.2, 0.25) is 5.95 Å². The molecule has 0 aliphatic carbocycles. The van der Waals surface area contributed by atoms with Gasteiger partial charge in [-0.3, -0.25) is 14.5 Å². The molecule has 0 radical (unpaired) electrons. The highest BCUT2D eigenvalue weighted by molar-refractivity contribution is 7.70. The first-order valence-corrected chi connectivity index (χ1v) is 21.2. The number of morpholine rings is 1. The fourth-order valence-electron chi connectivity index (χ4n) is 6.59. The average molecular weight is 779 g/mol. The molecule has 0 atom stereocenters. The van der Waals surface area contributed by atoms with Gasteiger partial charge in [0.1, 0.15) is 12.9 Å². The van der Waals surface area contributed by atoms with Crippen molar-refractivity contribution in [1.29, 1.82) is 0 Å². The molecule has 0 saturated carbocycles. The van der Waals surface area contributed by atoms with E-state index >= 15 is 0 Å². The van der Waals surface area contributed by atoms with E-state index in [0.717, 1.165) is 47.3 Å². The Kier molecular flexibility index (Phi) is 12.1. The van der Waals surface area contributed by atoms with Crippen LogP contribution in [0.2, 0.25) is 0 Å². The number of carbonyl (C=O) groups excluding carboxylic acids is 2. The van der Waals surface area contributed by atoms with Crippen molar-refractivity contribution >= 4 is 52.5 Å². The monoisotopic (exact) mass is 778 g/mol.